The highest BCUT2D eigenvalue weighted by atomic mass is 35.5. The summed E-state index contributed by atoms with van der Waals surface area (Å²) in [5.74, 6) is 1.62. The standard InChI is InChI=1S/C10H6Cl2N4O2/c11-8-14-9(12)16-10(15-8)13-5-1-2-6-7(3-5)18-4-17-6/h1-3H,4H2,(H,13,14,15,16). The van der Waals surface area contributed by atoms with Gasteiger partial charge in [0, 0.05) is 11.8 Å². The van der Waals surface area contributed by atoms with Crippen LogP contribution in [0.25, 0.3) is 0 Å². The second-order valence-corrected chi connectivity index (χ2v) is 4.07. The van der Waals surface area contributed by atoms with Gasteiger partial charge in [0.1, 0.15) is 0 Å². The Labute approximate surface area is 112 Å². The van der Waals surface area contributed by atoms with Crippen LogP contribution >= 0.6 is 23.2 Å². The van der Waals surface area contributed by atoms with E-state index in [1.165, 1.54) is 0 Å². The van der Waals surface area contributed by atoms with Crippen LogP contribution in [0.2, 0.25) is 10.6 Å². The van der Waals surface area contributed by atoms with Crippen LogP contribution in [0.4, 0.5) is 11.6 Å². The molecule has 18 heavy (non-hydrogen) atoms. The van der Waals surface area contributed by atoms with Gasteiger partial charge in [-0.05, 0) is 35.3 Å². The molecule has 6 nitrogen and oxygen atoms in total. The highest BCUT2D eigenvalue weighted by molar-refractivity contribution is 6.31. The zero-order valence-electron chi connectivity index (χ0n) is 8.85. The monoisotopic (exact) mass is 284 g/mol. The summed E-state index contributed by atoms with van der Waals surface area (Å²) >= 11 is 11.4. The lowest BCUT2D eigenvalue weighted by Gasteiger charge is -2.05. The zero-order chi connectivity index (χ0) is 12.5. The van der Waals surface area contributed by atoms with Gasteiger partial charge < -0.3 is 14.8 Å². The van der Waals surface area contributed by atoms with Crippen LogP contribution in [0.3, 0.4) is 0 Å². The topological polar surface area (TPSA) is 69.2 Å². The van der Waals surface area contributed by atoms with Crippen LogP contribution in [0.1, 0.15) is 0 Å². The Bertz CT molecular complexity index is 588. The Balaban J connectivity index is 1.88. The molecule has 3 rings (SSSR count). The first-order valence-corrected chi connectivity index (χ1v) is 5.70. The number of benzene rings is 1. The van der Waals surface area contributed by atoms with E-state index in [2.05, 4.69) is 20.3 Å². The number of hydrogen-bond donors (Lipinski definition) is 1. The number of hydrogen-bond acceptors (Lipinski definition) is 6. The molecule has 0 radical (unpaired) electrons. The van der Waals surface area contributed by atoms with Crippen LogP contribution in [0, 0.1) is 0 Å². The Morgan fingerprint density at radius 3 is 2.50 bits per heavy atom. The summed E-state index contributed by atoms with van der Waals surface area (Å²) in [6, 6.07) is 5.36. The molecule has 0 aliphatic carbocycles. The van der Waals surface area contributed by atoms with Gasteiger partial charge >= 0.3 is 0 Å². The van der Waals surface area contributed by atoms with Crippen LogP contribution in [-0.2, 0) is 0 Å². The van der Waals surface area contributed by atoms with E-state index in [0.29, 0.717) is 11.5 Å². The number of anilines is 2. The zero-order valence-corrected chi connectivity index (χ0v) is 10.4. The Hall–Kier alpha value is -1.79. The maximum Gasteiger partial charge on any atom is 0.232 e. The number of rotatable bonds is 2. The van der Waals surface area contributed by atoms with Crippen molar-refractivity contribution in [1.29, 1.82) is 0 Å². The molecule has 0 saturated carbocycles. The predicted octanol–water partition coefficient (Wildman–Crippen LogP) is 2.65. The minimum atomic E-state index is 0.0262. The lowest BCUT2D eigenvalue weighted by Crippen LogP contribution is -1.99. The highest BCUT2D eigenvalue weighted by Gasteiger charge is 2.13. The van der Waals surface area contributed by atoms with Crippen molar-refractivity contribution in [2.24, 2.45) is 0 Å². The van der Waals surface area contributed by atoms with E-state index >= 15 is 0 Å². The van der Waals surface area contributed by atoms with E-state index < -0.39 is 0 Å². The largest absolute Gasteiger partial charge is 0.454 e. The number of halogens is 2. The summed E-state index contributed by atoms with van der Waals surface area (Å²) in [4.78, 5) is 11.5. The number of aromatic nitrogens is 3. The first-order chi connectivity index (χ1) is 8.70. The average Bonchev–Trinajstić information content (AvgIpc) is 2.74. The van der Waals surface area contributed by atoms with Crippen LogP contribution < -0.4 is 14.8 Å². The first-order valence-electron chi connectivity index (χ1n) is 4.94. The molecule has 92 valence electrons. The molecule has 0 fully saturated rings. The van der Waals surface area contributed by atoms with Crippen molar-refractivity contribution < 1.29 is 9.47 Å². The normalized spacial score (nSPS) is 12.6. The van der Waals surface area contributed by atoms with E-state index in [4.69, 9.17) is 32.7 Å². The summed E-state index contributed by atoms with van der Waals surface area (Å²) in [6.45, 7) is 0.224. The van der Waals surface area contributed by atoms with Crippen molar-refractivity contribution in [3.8, 4) is 11.5 Å². The highest BCUT2D eigenvalue weighted by Crippen LogP contribution is 2.34. The lowest BCUT2D eigenvalue weighted by atomic mass is 10.3. The number of fused-ring (bicyclic) bond motifs is 1. The molecule has 2 heterocycles. The molecular formula is C10H6Cl2N4O2. The maximum atomic E-state index is 5.68. The van der Waals surface area contributed by atoms with Crippen LogP contribution in [0.15, 0.2) is 18.2 Å². The van der Waals surface area contributed by atoms with Crippen LogP contribution in [0.5, 0.6) is 11.5 Å². The van der Waals surface area contributed by atoms with E-state index in [1.807, 2.05) is 0 Å². The molecule has 1 aliphatic rings. The van der Waals surface area contributed by atoms with Gasteiger partial charge in [-0.1, -0.05) is 0 Å². The Morgan fingerprint density at radius 1 is 1.00 bits per heavy atom. The summed E-state index contributed by atoms with van der Waals surface area (Å²) in [5, 5.41) is 3.00. The molecule has 1 aromatic heterocycles. The van der Waals surface area contributed by atoms with Crippen molar-refractivity contribution in [1.82, 2.24) is 15.0 Å². The third-order valence-electron chi connectivity index (χ3n) is 2.21. The molecule has 0 saturated heterocycles. The van der Waals surface area contributed by atoms with Gasteiger partial charge in [-0.15, -0.1) is 0 Å². The minimum absolute atomic E-state index is 0.0262. The fourth-order valence-electron chi connectivity index (χ4n) is 1.49. The smallest absolute Gasteiger partial charge is 0.232 e. The van der Waals surface area contributed by atoms with E-state index in [0.717, 1.165) is 5.69 Å². The minimum Gasteiger partial charge on any atom is -0.454 e. The molecule has 1 aromatic carbocycles. The molecule has 0 unspecified atom stereocenters. The maximum absolute atomic E-state index is 5.68. The molecule has 1 N–H and O–H groups in total. The van der Waals surface area contributed by atoms with Crippen molar-refractivity contribution >= 4 is 34.8 Å². The molecule has 0 spiro atoms. The first kappa shape index (κ1) is 11.3. The van der Waals surface area contributed by atoms with Gasteiger partial charge in [-0.2, -0.15) is 15.0 Å². The SMILES string of the molecule is Clc1nc(Cl)nc(Nc2ccc3c(c2)OCO3)n1. The summed E-state index contributed by atoms with van der Waals surface area (Å²) in [5.41, 5.74) is 0.734. The average molecular weight is 285 g/mol. The van der Waals surface area contributed by atoms with Crippen molar-refractivity contribution in [3.05, 3.63) is 28.8 Å². The third-order valence-corrected chi connectivity index (χ3v) is 2.55. The fourth-order valence-corrected chi connectivity index (χ4v) is 1.85. The van der Waals surface area contributed by atoms with E-state index in [1.54, 1.807) is 18.2 Å². The number of ether oxygens (including phenoxy) is 2. The van der Waals surface area contributed by atoms with Gasteiger partial charge in [0.15, 0.2) is 11.5 Å². The van der Waals surface area contributed by atoms with Gasteiger partial charge in [0.2, 0.25) is 23.3 Å². The molecular weight excluding hydrogens is 279 g/mol. The Morgan fingerprint density at radius 2 is 1.72 bits per heavy atom. The lowest BCUT2D eigenvalue weighted by molar-refractivity contribution is 0.174. The quantitative estimate of drug-likeness (QED) is 0.914. The summed E-state index contributed by atoms with van der Waals surface area (Å²) in [6.07, 6.45) is 0. The molecule has 0 atom stereocenters. The number of nitrogens with one attached hydrogen (secondary N) is 1. The van der Waals surface area contributed by atoms with Crippen molar-refractivity contribution in [2.45, 2.75) is 0 Å². The Kier molecular flexibility index (Phi) is 2.81. The molecule has 2 aromatic rings. The second kappa shape index (κ2) is 4.47. The second-order valence-electron chi connectivity index (χ2n) is 3.39. The van der Waals surface area contributed by atoms with E-state index in [9.17, 15) is 0 Å². The van der Waals surface area contributed by atoms with Gasteiger partial charge in [-0.3, -0.25) is 0 Å². The molecule has 1 aliphatic heterocycles. The summed E-state index contributed by atoms with van der Waals surface area (Å²) < 4.78 is 10.5. The summed E-state index contributed by atoms with van der Waals surface area (Å²) in [7, 11) is 0. The van der Waals surface area contributed by atoms with Gasteiger partial charge in [0.25, 0.3) is 0 Å². The third kappa shape index (κ3) is 2.25. The van der Waals surface area contributed by atoms with E-state index in [-0.39, 0.29) is 23.3 Å². The molecule has 0 amide bonds. The van der Waals surface area contributed by atoms with Crippen LogP contribution in [-0.4, -0.2) is 21.7 Å². The van der Waals surface area contributed by atoms with Gasteiger partial charge in [0.05, 0.1) is 0 Å². The van der Waals surface area contributed by atoms with Crippen molar-refractivity contribution in [3.63, 3.8) is 0 Å². The molecule has 0 bridgehead atoms. The number of nitrogens with zero attached hydrogens (tertiary/aromatic N) is 3. The fraction of sp³-hybridized carbons (Fsp3) is 0.100. The predicted molar refractivity (Wildman–Crippen MR) is 65.7 cm³/mol. The van der Waals surface area contributed by atoms with Gasteiger partial charge in [-0.25, -0.2) is 0 Å². The molecule has 8 heteroatoms. The van der Waals surface area contributed by atoms with Crippen molar-refractivity contribution in [2.75, 3.05) is 12.1 Å².